The summed E-state index contributed by atoms with van der Waals surface area (Å²) in [5.74, 6) is -0.955. The third kappa shape index (κ3) is 3.98. The Bertz CT molecular complexity index is 421. The molecule has 1 N–H and O–H groups in total. The fourth-order valence-corrected chi connectivity index (χ4v) is 2.57. The molecule has 1 aliphatic heterocycles. The standard InChI is InChI=1S/C15H22F2N2/c1-11(2)18-9-14-4-3-7-19(14)10-12-5-6-13(16)8-15(12)17/h5-6,8,11,14,18H,3-4,7,9-10H2,1-2H3. The molecular weight excluding hydrogens is 246 g/mol. The van der Waals surface area contributed by atoms with Gasteiger partial charge in [-0.3, -0.25) is 4.90 Å². The monoisotopic (exact) mass is 268 g/mol. The van der Waals surface area contributed by atoms with Gasteiger partial charge < -0.3 is 5.32 Å². The Labute approximate surface area is 113 Å². The van der Waals surface area contributed by atoms with Crippen LogP contribution in [0.2, 0.25) is 0 Å². The maximum absolute atomic E-state index is 13.7. The van der Waals surface area contributed by atoms with E-state index < -0.39 is 11.6 Å². The summed E-state index contributed by atoms with van der Waals surface area (Å²) in [4.78, 5) is 2.28. The second kappa shape index (κ2) is 6.44. The number of likely N-dealkylation sites (tertiary alicyclic amines) is 1. The molecule has 0 radical (unpaired) electrons. The van der Waals surface area contributed by atoms with Crippen molar-refractivity contribution in [1.82, 2.24) is 10.2 Å². The van der Waals surface area contributed by atoms with Crippen LogP contribution in [0.5, 0.6) is 0 Å². The molecule has 1 fully saturated rings. The first-order valence-corrected chi connectivity index (χ1v) is 6.97. The fourth-order valence-electron chi connectivity index (χ4n) is 2.57. The topological polar surface area (TPSA) is 15.3 Å². The molecule has 106 valence electrons. The predicted molar refractivity (Wildman–Crippen MR) is 72.9 cm³/mol. The van der Waals surface area contributed by atoms with Crippen LogP contribution in [0.1, 0.15) is 32.3 Å². The molecule has 0 saturated carbocycles. The molecule has 1 unspecified atom stereocenters. The summed E-state index contributed by atoms with van der Waals surface area (Å²) < 4.78 is 26.5. The highest BCUT2D eigenvalue weighted by Crippen LogP contribution is 2.21. The van der Waals surface area contributed by atoms with Crippen molar-refractivity contribution in [3.8, 4) is 0 Å². The molecule has 0 amide bonds. The van der Waals surface area contributed by atoms with Crippen molar-refractivity contribution in [3.05, 3.63) is 35.4 Å². The summed E-state index contributed by atoms with van der Waals surface area (Å²) in [6, 6.07) is 4.76. The van der Waals surface area contributed by atoms with Gasteiger partial charge in [-0.2, -0.15) is 0 Å². The van der Waals surface area contributed by atoms with Gasteiger partial charge >= 0.3 is 0 Å². The lowest BCUT2D eigenvalue weighted by atomic mass is 10.1. The molecule has 1 aromatic carbocycles. The van der Waals surface area contributed by atoms with Crippen molar-refractivity contribution < 1.29 is 8.78 Å². The third-order valence-electron chi connectivity index (χ3n) is 3.65. The molecule has 1 aromatic rings. The van der Waals surface area contributed by atoms with Gasteiger partial charge in [-0.1, -0.05) is 19.9 Å². The van der Waals surface area contributed by atoms with Gasteiger partial charge in [-0.15, -0.1) is 0 Å². The van der Waals surface area contributed by atoms with Crippen LogP contribution < -0.4 is 5.32 Å². The Balaban J connectivity index is 1.97. The van der Waals surface area contributed by atoms with Crippen LogP contribution in [-0.4, -0.2) is 30.1 Å². The van der Waals surface area contributed by atoms with E-state index in [9.17, 15) is 8.78 Å². The zero-order valence-corrected chi connectivity index (χ0v) is 11.6. The first-order chi connectivity index (χ1) is 9.06. The molecule has 1 atom stereocenters. The highest BCUT2D eigenvalue weighted by Gasteiger charge is 2.25. The van der Waals surface area contributed by atoms with Gasteiger partial charge in [0.25, 0.3) is 0 Å². The van der Waals surface area contributed by atoms with Gasteiger partial charge in [0.15, 0.2) is 0 Å². The predicted octanol–water partition coefficient (Wildman–Crippen LogP) is 2.93. The Morgan fingerprint density at radius 2 is 2.16 bits per heavy atom. The zero-order valence-electron chi connectivity index (χ0n) is 11.6. The quantitative estimate of drug-likeness (QED) is 0.883. The first kappa shape index (κ1) is 14.4. The minimum atomic E-state index is -0.513. The Kier molecular flexibility index (Phi) is 4.88. The number of hydrogen-bond donors (Lipinski definition) is 1. The van der Waals surface area contributed by atoms with Gasteiger partial charge in [0, 0.05) is 36.8 Å². The normalized spacial score (nSPS) is 20.4. The number of nitrogens with one attached hydrogen (secondary N) is 1. The van der Waals surface area contributed by atoms with Crippen molar-refractivity contribution in [1.29, 1.82) is 0 Å². The molecule has 1 aliphatic rings. The molecule has 2 nitrogen and oxygen atoms in total. The number of halogens is 2. The second-order valence-electron chi connectivity index (χ2n) is 5.57. The van der Waals surface area contributed by atoms with E-state index in [1.807, 2.05) is 0 Å². The largest absolute Gasteiger partial charge is 0.313 e. The molecule has 0 bridgehead atoms. The summed E-state index contributed by atoms with van der Waals surface area (Å²) >= 11 is 0. The summed E-state index contributed by atoms with van der Waals surface area (Å²) in [6.45, 7) is 6.73. The zero-order chi connectivity index (χ0) is 13.8. The van der Waals surface area contributed by atoms with E-state index in [2.05, 4.69) is 24.1 Å². The van der Waals surface area contributed by atoms with Crippen molar-refractivity contribution in [2.75, 3.05) is 13.1 Å². The fraction of sp³-hybridized carbons (Fsp3) is 0.600. The average Bonchev–Trinajstić information content (AvgIpc) is 2.77. The minimum absolute atomic E-state index is 0.442. The van der Waals surface area contributed by atoms with Gasteiger partial charge in [-0.25, -0.2) is 8.78 Å². The summed E-state index contributed by atoms with van der Waals surface area (Å²) in [6.07, 6.45) is 2.29. The van der Waals surface area contributed by atoms with Gasteiger partial charge in [0.05, 0.1) is 0 Å². The number of hydrogen-bond acceptors (Lipinski definition) is 2. The molecule has 4 heteroatoms. The molecule has 0 aromatic heterocycles. The maximum atomic E-state index is 13.7. The molecule has 1 saturated heterocycles. The lowest BCUT2D eigenvalue weighted by molar-refractivity contribution is 0.233. The van der Waals surface area contributed by atoms with Crippen LogP contribution in [0.4, 0.5) is 8.78 Å². The van der Waals surface area contributed by atoms with Crippen LogP contribution in [0.3, 0.4) is 0 Å². The van der Waals surface area contributed by atoms with Crippen molar-refractivity contribution in [2.45, 2.75) is 45.3 Å². The number of rotatable bonds is 5. The summed E-state index contributed by atoms with van der Waals surface area (Å²) in [5.41, 5.74) is 0.581. The average molecular weight is 268 g/mol. The molecule has 0 spiro atoms. The van der Waals surface area contributed by atoms with Crippen LogP contribution in [0.15, 0.2) is 18.2 Å². The SMILES string of the molecule is CC(C)NCC1CCCN1Cc1ccc(F)cc1F. The van der Waals surface area contributed by atoms with E-state index in [0.717, 1.165) is 32.0 Å². The first-order valence-electron chi connectivity index (χ1n) is 6.97. The van der Waals surface area contributed by atoms with E-state index in [-0.39, 0.29) is 0 Å². The van der Waals surface area contributed by atoms with E-state index in [0.29, 0.717) is 24.2 Å². The highest BCUT2D eigenvalue weighted by molar-refractivity contribution is 5.18. The minimum Gasteiger partial charge on any atom is -0.313 e. The Morgan fingerprint density at radius 1 is 1.37 bits per heavy atom. The third-order valence-corrected chi connectivity index (χ3v) is 3.65. The summed E-state index contributed by atoms with van der Waals surface area (Å²) in [7, 11) is 0. The van der Waals surface area contributed by atoms with E-state index in [4.69, 9.17) is 0 Å². The van der Waals surface area contributed by atoms with Crippen molar-refractivity contribution in [2.24, 2.45) is 0 Å². The smallest absolute Gasteiger partial charge is 0.130 e. The van der Waals surface area contributed by atoms with Crippen LogP contribution in [-0.2, 0) is 6.54 Å². The van der Waals surface area contributed by atoms with Gasteiger partial charge in [-0.05, 0) is 25.5 Å². The van der Waals surface area contributed by atoms with Crippen molar-refractivity contribution in [3.63, 3.8) is 0 Å². The van der Waals surface area contributed by atoms with Crippen LogP contribution in [0.25, 0.3) is 0 Å². The van der Waals surface area contributed by atoms with Gasteiger partial charge in [0.1, 0.15) is 11.6 Å². The van der Waals surface area contributed by atoms with E-state index >= 15 is 0 Å². The highest BCUT2D eigenvalue weighted by atomic mass is 19.1. The van der Waals surface area contributed by atoms with E-state index in [1.165, 1.54) is 6.07 Å². The lowest BCUT2D eigenvalue weighted by Gasteiger charge is -2.25. The molecule has 2 rings (SSSR count). The number of nitrogens with zero attached hydrogens (tertiary/aromatic N) is 1. The summed E-state index contributed by atoms with van der Waals surface area (Å²) in [5, 5.41) is 3.43. The Morgan fingerprint density at radius 3 is 2.84 bits per heavy atom. The Hall–Kier alpha value is -1.00. The second-order valence-corrected chi connectivity index (χ2v) is 5.57. The lowest BCUT2D eigenvalue weighted by Crippen LogP contribution is -2.39. The molecule has 0 aliphatic carbocycles. The van der Waals surface area contributed by atoms with Gasteiger partial charge in [0.2, 0.25) is 0 Å². The van der Waals surface area contributed by atoms with Crippen molar-refractivity contribution >= 4 is 0 Å². The van der Waals surface area contributed by atoms with Crippen LogP contribution in [0, 0.1) is 11.6 Å². The maximum Gasteiger partial charge on any atom is 0.130 e. The van der Waals surface area contributed by atoms with Crippen LogP contribution >= 0.6 is 0 Å². The molecule has 1 heterocycles. The molecule has 19 heavy (non-hydrogen) atoms. The molecular formula is C15H22F2N2. The number of benzene rings is 1. The van der Waals surface area contributed by atoms with E-state index in [1.54, 1.807) is 6.07 Å².